The third-order valence-corrected chi connectivity index (χ3v) is 3.19. The third-order valence-electron chi connectivity index (χ3n) is 3.19. The van der Waals surface area contributed by atoms with Crippen LogP contribution in [0.15, 0.2) is 42.5 Å². The molecule has 2 heteroatoms. The summed E-state index contributed by atoms with van der Waals surface area (Å²) >= 11 is 0. The van der Waals surface area contributed by atoms with Crippen molar-refractivity contribution in [1.82, 2.24) is 0 Å². The lowest BCUT2D eigenvalue weighted by atomic mass is 10.1. The van der Waals surface area contributed by atoms with E-state index >= 15 is 0 Å². The van der Waals surface area contributed by atoms with Crippen LogP contribution in [0, 0.1) is 6.92 Å². The molecule has 0 saturated carbocycles. The molecule has 0 radical (unpaired) electrons. The molecule has 0 aliphatic rings. The molecule has 0 aromatic heterocycles. The summed E-state index contributed by atoms with van der Waals surface area (Å²) in [6, 6.07) is 14.1. The number of nitrogens with one attached hydrogen (secondary N) is 1. The van der Waals surface area contributed by atoms with Crippen LogP contribution in [0.4, 0.5) is 5.69 Å². The van der Waals surface area contributed by atoms with Gasteiger partial charge in [0.1, 0.15) is 5.75 Å². The number of aryl methyl sites for hydroxylation is 2. The quantitative estimate of drug-likeness (QED) is 0.851. The molecule has 0 saturated heterocycles. The Balaban J connectivity index is 2.09. The van der Waals surface area contributed by atoms with E-state index in [1.54, 1.807) is 6.07 Å². The Kier molecular flexibility index (Phi) is 3.88. The van der Waals surface area contributed by atoms with Gasteiger partial charge < -0.3 is 10.4 Å². The second-order valence-corrected chi connectivity index (χ2v) is 4.48. The number of phenols is 1. The molecule has 2 nitrogen and oxygen atoms in total. The zero-order valence-electron chi connectivity index (χ0n) is 10.9. The minimum atomic E-state index is 0.337. The molecule has 0 fully saturated rings. The van der Waals surface area contributed by atoms with Crippen LogP contribution in [0.25, 0.3) is 0 Å². The Bertz CT molecular complexity index is 534. The molecule has 0 aliphatic heterocycles. The van der Waals surface area contributed by atoms with E-state index in [4.69, 9.17) is 0 Å². The second kappa shape index (κ2) is 5.58. The van der Waals surface area contributed by atoms with Crippen LogP contribution < -0.4 is 5.32 Å². The summed E-state index contributed by atoms with van der Waals surface area (Å²) in [6.45, 7) is 4.84. The van der Waals surface area contributed by atoms with E-state index < -0.39 is 0 Å². The van der Waals surface area contributed by atoms with Crippen LogP contribution in [-0.4, -0.2) is 5.11 Å². The molecule has 2 aromatic carbocycles. The van der Waals surface area contributed by atoms with E-state index in [1.807, 2.05) is 19.1 Å². The summed E-state index contributed by atoms with van der Waals surface area (Å²) in [7, 11) is 0. The average molecular weight is 241 g/mol. The molecule has 0 aliphatic carbocycles. The van der Waals surface area contributed by atoms with Gasteiger partial charge in [0.25, 0.3) is 0 Å². The molecule has 0 unspecified atom stereocenters. The first kappa shape index (κ1) is 12.5. The van der Waals surface area contributed by atoms with Crippen molar-refractivity contribution >= 4 is 5.69 Å². The number of phenolic OH excluding ortho intramolecular Hbond substituents is 1. The highest BCUT2D eigenvalue weighted by Gasteiger charge is 2.01. The smallest absolute Gasteiger partial charge is 0.120 e. The van der Waals surface area contributed by atoms with Crippen LogP contribution in [0.5, 0.6) is 5.75 Å². The normalized spacial score (nSPS) is 10.3. The maximum Gasteiger partial charge on any atom is 0.120 e. The minimum Gasteiger partial charge on any atom is -0.508 e. The highest BCUT2D eigenvalue weighted by molar-refractivity contribution is 5.51. The molecular weight excluding hydrogens is 222 g/mol. The molecule has 2 rings (SSSR count). The van der Waals surface area contributed by atoms with Gasteiger partial charge in [-0.1, -0.05) is 37.3 Å². The molecule has 0 amide bonds. The standard InChI is InChI=1S/C16H19NO/c1-3-13-6-4-5-7-14(13)11-17-15-9-8-12(2)16(18)10-15/h4-10,17-18H,3,11H2,1-2H3. The molecule has 2 aromatic rings. The van der Waals surface area contributed by atoms with E-state index in [-0.39, 0.29) is 0 Å². The fourth-order valence-electron chi connectivity index (χ4n) is 1.99. The van der Waals surface area contributed by atoms with Gasteiger partial charge in [-0.25, -0.2) is 0 Å². The summed E-state index contributed by atoms with van der Waals surface area (Å²) in [4.78, 5) is 0. The predicted octanol–water partition coefficient (Wildman–Crippen LogP) is 3.88. The average Bonchev–Trinajstić information content (AvgIpc) is 2.40. The Morgan fingerprint density at radius 3 is 2.44 bits per heavy atom. The molecule has 0 atom stereocenters. The minimum absolute atomic E-state index is 0.337. The zero-order valence-corrected chi connectivity index (χ0v) is 10.9. The van der Waals surface area contributed by atoms with Gasteiger partial charge in [0.05, 0.1) is 0 Å². The Morgan fingerprint density at radius 1 is 1.06 bits per heavy atom. The van der Waals surface area contributed by atoms with Crippen LogP contribution in [-0.2, 0) is 13.0 Å². The Hall–Kier alpha value is -1.96. The van der Waals surface area contributed by atoms with Crippen molar-refractivity contribution in [2.75, 3.05) is 5.32 Å². The third kappa shape index (κ3) is 2.83. The topological polar surface area (TPSA) is 32.3 Å². The van der Waals surface area contributed by atoms with Crippen molar-refractivity contribution in [1.29, 1.82) is 0 Å². The summed E-state index contributed by atoms with van der Waals surface area (Å²) in [5, 5.41) is 13.0. The fraction of sp³-hybridized carbons (Fsp3) is 0.250. The molecule has 0 spiro atoms. The van der Waals surface area contributed by atoms with Crippen molar-refractivity contribution in [2.24, 2.45) is 0 Å². The van der Waals surface area contributed by atoms with Crippen molar-refractivity contribution in [2.45, 2.75) is 26.8 Å². The molecule has 18 heavy (non-hydrogen) atoms. The van der Waals surface area contributed by atoms with E-state index in [0.29, 0.717) is 5.75 Å². The van der Waals surface area contributed by atoms with E-state index in [2.05, 4.69) is 36.5 Å². The van der Waals surface area contributed by atoms with Crippen molar-refractivity contribution in [3.63, 3.8) is 0 Å². The Morgan fingerprint density at radius 2 is 1.78 bits per heavy atom. The van der Waals surface area contributed by atoms with Crippen molar-refractivity contribution in [3.05, 3.63) is 59.2 Å². The van der Waals surface area contributed by atoms with Gasteiger partial charge in [0, 0.05) is 18.3 Å². The van der Waals surface area contributed by atoms with Gasteiger partial charge in [0.2, 0.25) is 0 Å². The maximum atomic E-state index is 9.66. The maximum absolute atomic E-state index is 9.66. The van der Waals surface area contributed by atoms with E-state index in [0.717, 1.165) is 24.2 Å². The van der Waals surface area contributed by atoms with Gasteiger partial charge >= 0.3 is 0 Å². The van der Waals surface area contributed by atoms with Crippen LogP contribution >= 0.6 is 0 Å². The molecule has 0 heterocycles. The molecular formula is C16H19NO. The van der Waals surface area contributed by atoms with Crippen LogP contribution in [0.1, 0.15) is 23.6 Å². The summed E-state index contributed by atoms with van der Waals surface area (Å²) < 4.78 is 0. The SMILES string of the molecule is CCc1ccccc1CNc1ccc(C)c(O)c1. The predicted molar refractivity (Wildman–Crippen MR) is 76.0 cm³/mol. The zero-order chi connectivity index (χ0) is 13.0. The second-order valence-electron chi connectivity index (χ2n) is 4.48. The Labute approximate surface area is 108 Å². The lowest BCUT2D eigenvalue weighted by molar-refractivity contribution is 0.471. The summed E-state index contributed by atoms with van der Waals surface area (Å²) in [6.07, 6.45) is 1.04. The highest BCUT2D eigenvalue weighted by Crippen LogP contribution is 2.21. The lowest BCUT2D eigenvalue weighted by Crippen LogP contribution is -2.02. The molecule has 94 valence electrons. The van der Waals surface area contributed by atoms with Crippen LogP contribution in [0.2, 0.25) is 0 Å². The molecule has 2 N–H and O–H groups in total. The first-order valence-corrected chi connectivity index (χ1v) is 6.31. The number of hydrogen-bond acceptors (Lipinski definition) is 2. The van der Waals surface area contributed by atoms with Gasteiger partial charge in [-0.2, -0.15) is 0 Å². The summed E-state index contributed by atoms with van der Waals surface area (Å²) in [5.41, 5.74) is 4.51. The number of aromatic hydroxyl groups is 1. The fourth-order valence-corrected chi connectivity index (χ4v) is 1.99. The van der Waals surface area contributed by atoms with Crippen molar-refractivity contribution in [3.8, 4) is 5.75 Å². The number of anilines is 1. The van der Waals surface area contributed by atoms with E-state index in [9.17, 15) is 5.11 Å². The number of benzene rings is 2. The van der Waals surface area contributed by atoms with Gasteiger partial charge in [0.15, 0.2) is 0 Å². The van der Waals surface area contributed by atoms with E-state index in [1.165, 1.54) is 11.1 Å². The lowest BCUT2D eigenvalue weighted by Gasteiger charge is -2.11. The molecule has 0 bridgehead atoms. The monoisotopic (exact) mass is 241 g/mol. The van der Waals surface area contributed by atoms with Gasteiger partial charge in [-0.05, 0) is 36.1 Å². The van der Waals surface area contributed by atoms with Gasteiger partial charge in [-0.15, -0.1) is 0 Å². The first-order chi connectivity index (χ1) is 8.70. The van der Waals surface area contributed by atoms with Gasteiger partial charge in [-0.3, -0.25) is 0 Å². The number of hydrogen-bond donors (Lipinski definition) is 2. The largest absolute Gasteiger partial charge is 0.508 e. The van der Waals surface area contributed by atoms with Crippen LogP contribution in [0.3, 0.4) is 0 Å². The van der Waals surface area contributed by atoms with Crippen molar-refractivity contribution < 1.29 is 5.11 Å². The summed E-state index contributed by atoms with van der Waals surface area (Å²) in [5.74, 6) is 0.337. The highest BCUT2D eigenvalue weighted by atomic mass is 16.3. The number of rotatable bonds is 4. The first-order valence-electron chi connectivity index (χ1n) is 6.31.